The summed E-state index contributed by atoms with van der Waals surface area (Å²) in [6.07, 6.45) is 0. The Bertz CT molecular complexity index is 289. The molecule has 2 heteroatoms. The predicted octanol–water partition coefficient (Wildman–Crippen LogP) is 0.456. The molecular weight excluding hydrogens is 166 g/mol. The highest BCUT2D eigenvalue weighted by Gasteiger charge is 2.16. The van der Waals surface area contributed by atoms with Gasteiger partial charge in [-0.25, -0.2) is 0 Å². The third-order valence-corrected chi connectivity index (χ3v) is 2.78. The Labute approximate surface area is 76.8 Å². The standard InChI is InChI=1S/C10H11NS/c1-8-2-4-9(5-3-8)10-11-6-7-12-10/h2-7H,11H2,1H3. The highest BCUT2D eigenvalue weighted by Crippen LogP contribution is 2.10. The number of hydrogen-bond donors (Lipinski definition) is 1. The fourth-order valence-corrected chi connectivity index (χ4v) is 1.89. The fourth-order valence-electron chi connectivity index (χ4n) is 1.16. The first-order valence-electron chi connectivity index (χ1n) is 3.97. The van der Waals surface area contributed by atoms with E-state index < -0.39 is 0 Å². The molecule has 0 fully saturated rings. The van der Waals surface area contributed by atoms with Gasteiger partial charge in [0.25, 0.3) is 5.37 Å². The molecule has 0 atom stereocenters. The van der Waals surface area contributed by atoms with Crippen molar-refractivity contribution >= 4 is 16.7 Å². The molecule has 1 nitrogen and oxygen atoms in total. The first kappa shape index (κ1) is 7.77. The maximum absolute atomic E-state index is 2.17. The molecule has 1 aromatic carbocycles. The lowest BCUT2D eigenvalue weighted by molar-refractivity contribution is -0.566. The second-order valence-electron chi connectivity index (χ2n) is 2.84. The second-order valence-corrected chi connectivity index (χ2v) is 3.79. The molecule has 12 heavy (non-hydrogen) atoms. The van der Waals surface area contributed by atoms with Gasteiger partial charge in [-0.15, -0.1) is 12.1 Å². The highest BCUT2D eigenvalue weighted by molar-refractivity contribution is 7.80. The number of quaternary nitrogens is 1. The average molecular weight is 177 g/mol. The molecule has 0 aromatic heterocycles. The Morgan fingerprint density at radius 3 is 2.67 bits per heavy atom. The topological polar surface area (TPSA) is 16.6 Å². The van der Waals surface area contributed by atoms with Gasteiger partial charge in [-0.05, 0) is 6.92 Å². The number of rotatable bonds is 1. The van der Waals surface area contributed by atoms with Crippen molar-refractivity contribution in [1.29, 1.82) is 0 Å². The van der Waals surface area contributed by atoms with Crippen LogP contribution in [-0.2, 0) is 11.4 Å². The van der Waals surface area contributed by atoms with Crippen LogP contribution in [0.3, 0.4) is 0 Å². The molecule has 0 aliphatic carbocycles. The number of hydrogen-bond acceptors (Lipinski definition) is 0. The van der Waals surface area contributed by atoms with E-state index >= 15 is 0 Å². The molecule has 1 aliphatic heterocycles. The van der Waals surface area contributed by atoms with Gasteiger partial charge in [0.2, 0.25) is 0 Å². The van der Waals surface area contributed by atoms with Gasteiger partial charge in [-0.3, -0.25) is 0 Å². The van der Waals surface area contributed by atoms with Crippen LogP contribution in [0.25, 0.3) is 0 Å². The maximum atomic E-state index is 2.17. The minimum absolute atomic E-state index is 1.32. The minimum Gasteiger partial charge on any atom is -0.438 e. The highest BCUT2D eigenvalue weighted by atomic mass is 32.1. The van der Waals surface area contributed by atoms with E-state index in [1.165, 1.54) is 16.5 Å². The van der Waals surface area contributed by atoms with E-state index in [-0.39, 0.29) is 0 Å². The molecule has 1 aliphatic rings. The lowest BCUT2D eigenvalue weighted by Crippen LogP contribution is -2.80. The summed E-state index contributed by atoms with van der Waals surface area (Å²) in [5, 5.41) is 5.60. The molecule has 0 saturated carbocycles. The smallest absolute Gasteiger partial charge is 0.258 e. The van der Waals surface area contributed by atoms with E-state index in [0.717, 1.165) is 0 Å². The summed E-state index contributed by atoms with van der Waals surface area (Å²) < 4.78 is 0. The van der Waals surface area contributed by atoms with E-state index in [9.17, 15) is 0 Å². The van der Waals surface area contributed by atoms with Gasteiger partial charge in [0.05, 0.1) is 5.37 Å². The lowest BCUT2D eigenvalue weighted by atomic mass is 10.1. The number of benzene rings is 1. The largest absolute Gasteiger partial charge is 0.438 e. The van der Waals surface area contributed by atoms with Crippen LogP contribution >= 0.6 is 0 Å². The first-order valence-corrected chi connectivity index (χ1v) is 4.85. The summed E-state index contributed by atoms with van der Waals surface area (Å²) in [5.41, 5.74) is 2.63. The van der Waals surface area contributed by atoms with Crippen LogP contribution in [0.15, 0.2) is 24.3 Å². The molecule has 0 unspecified atom stereocenters. The normalized spacial score (nSPS) is 15.6. The molecule has 0 spiro atoms. The van der Waals surface area contributed by atoms with Crippen molar-refractivity contribution < 1.29 is 5.32 Å². The van der Waals surface area contributed by atoms with Crippen LogP contribution in [-0.4, -0.2) is 5.37 Å². The summed E-state index contributed by atoms with van der Waals surface area (Å²) >= 11 is 1.78. The van der Waals surface area contributed by atoms with E-state index in [1.807, 2.05) is 0 Å². The Balaban J connectivity index is 2.23. The van der Waals surface area contributed by atoms with Crippen LogP contribution in [0.1, 0.15) is 11.1 Å². The molecule has 0 saturated heterocycles. The zero-order valence-corrected chi connectivity index (χ0v) is 7.77. The molecule has 0 radical (unpaired) electrons. The van der Waals surface area contributed by atoms with Crippen LogP contribution in [0, 0.1) is 18.8 Å². The first-order chi connectivity index (χ1) is 5.86. The SMILES string of the molecule is Cc1ccc([C-]2[NH2+][CH-]C=[S+]2)cc1. The van der Waals surface area contributed by atoms with E-state index in [2.05, 4.69) is 48.4 Å². The Morgan fingerprint density at radius 1 is 1.33 bits per heavy atom. The Morgan fingerprint density at radius 2 is 2.08 bits per heavy atom. The van der Waals surface area contributed by atoms with Gasteiger partial charge in [-0.1, -0.05) is 17.7 Å². The van der Waals surface area contributed by atoms with Gasteiger partial charge in [0.15, 0.2) is 11.4 Å². The minimum atomic E-state index is 1.32. The van der Waals surface area contributed by atoms with Crippen molar-refractivity contribution in [2.75, 3.05) is 0 Å². The van der Waals surface area contributed by atoms with Crippen LogP contribution < -0.4 is 5.32 Å². The monoisotopic (exact) mass is 177 g/mol. The molecule has 2 rings (SSSR count). The van der Waals surface area contributed by atoms with Gasteiger partial charge >= 0.3 is 0 Å². The predicted molar refractivity (Wildman–Crippen MR) is 53.2 cm³/mol. The van der Waals surface area contributed by atoms with Gasteiger partial charge in [0, 0.05) is 0 Å². The molecule has 62 valence electrons. The van der Waals surface area contributed by atoms with Crippen LogP contribution in [0.5, 0.6) is 0 Å². The maximum Gasteiger partial charge on any atom is 0.258 e. The number of nitrogens with two attached hydrogens (primary N) is 1. The van der Waals surface area contributed by atoms with Crippen molar-refractivity contribution in [2.45, 2.75) is 6.92 Å². The summed E-state index contributed by atoms with van der Waals surface area (Å²) in [7, 11) is 0. The van der Waals surface area contributed by atoms with Crippen molar-refractivity contribution in [2.24, 2.45) is 0 Å². The van der Waals surface area contributed by atoms with Gasteiger partial charge in [0.1, 0.15) is 0 Å². The van der Waals surface area contributed by atoms with E-state index in [0.29, 0.717) is 0 Å². The molecule has 0 bridgehead atoms. The van der Waals surface area contributed by atoms with Gasteiger partial charge in [-0.2, -0.15) is 12.1 Å². The van der Waals surface area contributed by atoms with Crippen molar-refractivity contribution in [3.8, 4) is 0 Å². The fraction of sp³-hybridized carbons (Fsp3) is 0.100. The third-order valence-electron chi connectivity index (χ3n) is 1.86. The Kier molecular flexibility index (Phi) is 2.11. The molecule has 2 N–H and O–H groups in total. The van der Waals surface area contributed by atoms with Crippen LogP contribution in [0.2, 0.25) is 0 Å². The number of aryl methyl sites for hydroxylation is 1. The zero-order valence-electron chi connectivity index (χ0n) is 6.95. The average Bonchev–Trinajstić information content (AvgIpc) is 2.58. The zero-order chi connectivity index (χ0) is 8.39. The second kappa shape index (κ2) is 3.25. The van der Waals surface area contributed by atoms with Gasteiger partial charge < -0.3 is 5.32 Å². The molecule has 0 amide bonds. The third kappa shape index (κ3) is 1.49. The summed E-state index contributed by atoms with van der Waals surface area (Å²) in [4.78, 5) is 0. The molecule has 1 aromatic rings. The summed E-state index contributed by atoms with van der Waals surface area (Å²) in [5.74, 6) is 0. The van der Waals surface area contributed by atoms with Crippen molar-refractivity contribution in [3.63, 3.8) is 0 Å². The quantitative estimate of drug-likeness (QED) is 0.364. The summed E-state index contributed by atoms with van der Waals surface area (Å²) in [6.45, 7) is 4.19. The summed E-state index contributed by atoms with van der Waals surface area (Å²) in [6, 6.07) is 8.63. The van der Waals surface area contributed by atoms with Crippen LogP contribution in [0.4, 0.5) is 0 Å². The molecular formula is C10H11NS. The Hall–Kier alpha value is -0.860. The van der Waals surface area contributed by atoms with E-state index in [4.69, 9.17) is 0 Å². The molecule has 1 heterocycles. The lowest BCUT2D eigenvalue weighted by Gasteiger charge is -2.08. The van der Waals surface area contributed by atoms with Crippen molar-refractivity contribution in [3.05, 3.63) is 47.3 Å². The van der Waals surface area contributed by atoms with E-state index in [1.54, 1.807) is 11.4 Å². The van der Waals surface area contributed by atoms with Crippen molar-refractivity contribution in [1.82, 2.24) is 0 Å².